The van der Waals surface area contributed by atoms with Crippen molar-refractivity contribution in [1.29, 1.82) is 0 Å². The minimum Gasteiger partial charge on any atom is -0.486 e. The van der Waals surface area contributed by atoms with Crippen LogP contribution in [0.4, 0.5) is 5.82 Å². The number of hydrogen-bond acceptors (Lipinski definition) is 5. The largest absolute Gasteiger partial charge is 0.486 e. The van der Waals surface area contributed by atoms with E-state index in [1.54, 1.807) is 6.07 Å². The molecule has 0 aliphatic carbocycles. The number of nitrogens with one attached hydrogen (secondary N) is 1. The first kappa shape index (κ1) is 19.2. The number of aromatic nitrogens is 2. The molecule has 0 aliphatic rings. The maximum absolute atomic E-state index is 12.4. The van der Waals surface area contributed by atoms with Crippen molar-refractivity contribution >= 4 is 11.7 Å². The number of carbonyl (C=O) groups is 1. The number of ether oxygens (including phenoxy) is 1. The minimum atomic E-state index is -0.568. The van der Waals surface area contributed by atoms with Crippen LogP contribution in [0.25, 0.3) is 0 Å². The predicted molar refractivity (Wildman–Crippen MR) is 104 cm³/mol. The smallest absolute Gasteiger partial charge is 0.332 e. The van der Waals surface area contributed by atoms with Gasteiger partial charge >= 0.3 is 5.69 Å². The second-order valence-corrected chi connectivity index (χ2v) is 6.27. The fourth-order valence-corrected chi connectivity index (χ4v) is 2.58. The Morgan fingerprint density at radius 3 is 2.46 bits per heavy atom. The van der Waals surface area contributed by atoms with Gasteiger partial charge in [-0.25, -0.2) is 4.79 Å². The number of rotatable bonds is 6. The topological polar surface area (TPSA) is 95.5 Å². The van der Waals surface area contributed by atoms with Crippen LogP contribution in [0.15, 0.2) is 56.5 Å². The molecule has 8 heteroatoms. The van der Waals surface area contributed by atoms with E-state index in [1.807, 2.05) is 24.3 Å². The van der Waals surface area contributed by atoms with Gasteiger partial charge in [0, 0.05) is 20.2 Å². The average molecular weight is 383 g/mol. The summed E-state index contributed by atoms with van der Waals surface area (Å²) in [6.07, 6.45) is 0.954. The minimum absolute atomic E-state index is 0.0491. The summed E-state index contributed by atoms with van der Waals surface area (Å²) in [4.78, 5) is 36.0. The molecule has 0 fully saturated rings. The Morgan fingerprint density at radius 2 is 1.79 bits per heavy atom. The Labute approximate surface area is 161 Å². The van der Waals surface area contributed by atoms with Gasteiger partial charge in [-0.05, 0) is 36.2 Å². The van der Waals surface area contributed by atoms with Gasteiger partial charge in [0.15, 0.2) is 5.76 Å². The predicted octanol–water partition coefficient (Wildman–Crippen LogP) is 2.07. The Morgan fingerprint density at radius 1 is 1.07 bits per heavy atom. The van der Waals surface area contributed by atoms with Gasteiger partial charge in [0.25, 0.3) is 11.5 Å². The van der Waals surface area contributed by atoms with Crippen molar-refractivity contribution in [3.05, 3.63) is 80.4 Å². The van der Waals surface area contributed by atoms with Crippen LogP contribution in [0.1, 0.15) is 28.8 Å². The number of furan rings is 1. The zero-order valence-corrected chi connectivity index (χ0v) is 15.9. The third-order valence-corrected chi connectivity index (χ3v) is 4.37. The number of nitrogens with zero attached hydrogens (tertiary/aromatic N) is 2. The molecule has 0 saturated carbocycles. The Balaban J connectivity index is 1.67. The molecule has 3 rings (SSSR count). The molecule has 1 N–H and O–H groups in total. The summed E-state index contributed by atoms with van der Waals surface area (Å²) in [6, 6.07) is 12.1. The van der Waals surface area contributed by atoms with Crippen LogP contribution in [0, 0.1) is 0 Å². The van der Waals surface area contributed by atoms with Crippen molar-refractivity contribution in [2.75, 3.05) is 5.32 Å². The van der Waals surface area contributed by atoms with Gasteiger partial charge in [0.05, 0.1) is 0 Å². The number of anilines is 1. The SMILES string of the molecule is CCc1ccc(OCc2ccc(C(=O)Nc3cc(=O)n(C)c(=O)n3C)o2)cc1. The van der Waals surface area contributed by atoms with Crippen LogP contribution >= 0.6 is 0 Å². The third-order valence-electron chi connectivity index (χ3n) is 4.37. The zero-order chi connectivity index (χ0) is 20.3. The summed E-state index contributed by atoms with van der Waals surface area (Å²) in [5, 5.41) is 2.51. The van der Waals surface area contributed by atoms with E-state index in [0.717, 1.165) is 11.0 Å². The van der Waals surface area contributed by atoms with Crippen molar-refractivity contribution in [3.63, 3.8) is 0 Å². The normalized spacial score (nSPS) is 10.7. The van der Waals surface area contributed by atoms with Gasteiger partial charge in [0.1, 0.15) is 23.9 Å². The first-order valence-corrected chi connectivity index (χ1v) is 8.78. The number of aryl methyl sites for hydroxylation is 1. The van der Waals surface area contributed by atoms with E-state index in [0.29, 0.717) is 11.5 Å². The maximum Gasteiger partial charge on any atom is 0.332 e. The van der Waals surface area contributed by atoms with E-state index in [-0.39, 0.29) is 18.2 Å². The second kappa shape index (κ2) is 7.99. The van der Waals surface area contributed by atoms with Gasteiger partial charge in [-0.3, -0.25) is 18.7 Å². The molecule has 0 bridgehead atoms. The first-order chi connectivity index (χ1) is 13.4. The standard InChI is InChI=1S/C20H21N3O5/c1-4-13-5-7-14(8-6-13)27-12-15-9-10-16(28-15)19(25)21-17-11-18(24)23(3)20(26)22(17)2/h5-11H,4,12H2,1-3H3,(H,21,25). The molecule has 2 heterocycles. The van der Waals surface area contributed by atoms with Crippen LogP contribution in [-0.2, 0) is 27.1 Å². The molecule has 0 aliphatic heterocycles. The summed E-state index contributed by atoms with van der Waals surface area (Å²) in [7, 11) is 2.83. The molecule has 1 aromatic carbocycles. The number of carbonyl (C=O) groups excluding carboxylic acids is 1. The Hall–Kier alpha value is -3.55. The summed E-state index contributed by atoms with van der Waals surface area (Å²) in [6.45, 7) is 2.25. The Kier molecular flexibility index (Phi) is 5.49. The number of hydrogen-bond donors (Lipinski definition) is 1. The fourth-order valence-electron chi connectivity index (χ4n) is 2.58. The van der Waals surface area contributed by atoms with Crippen molar-refractivity contribution in [1.82, 2.24) is 9.13 Å². The number of benzene rings is 1. The van der Waals surface area contributed by atoms with Gasteiger partial charge in [-0.1, -0.05) is 19.1 Å². The molecule has 0 unspecified atom stereocenters. The molecular weight excluding hydrogens is 362 g/mol. The fraction of sp³-hybridized carbons (Fsp3) is 0.250. The van der Waals surface area contributed by atoms with E-state index in [9.17, 15) is 14.4 Å². The Bertz CT molecular complexity index is 1110. The molecule has 28 heavy (non-hydrogen) atoms. The van der Waals surface area contributed by atoms with Crippen molar-refractivity contribution < 1.29 is 13.9 Å². The highest BCUT2D eigenvalue weighted by Gasteiger charge is 2.15. The molecule has 0 radical (unpaired) electrons. The van der Waals surface area contributed by atoms with Gasteiger partial charge in [-0.15, -0.1) is 0 Å². The highest BCUT2D eigenvalue weighted by Crippen LogP contribution is 2.16. The van der Waals surface area contributed by atoms with Crippen molar-refractivity contribution in [2.24, 2.45) is 14.1 Å². The summed E-state index contributed by atoms with van der Waals surface area (Å²) in [5.41, 5.74) is 0.167. The molecule has 0 atom stereocenters. The maximum atomic E-state index is 12.4. The highest BCUT2D eigenvalue weighted by molar-refractivity contribution is 6.01. The quantitative estimate of drug-likeness (QED) is 0.703. The lowest BCUT2D eigenvalue weighted by Gasteiger charge is -2.09. The lowest BCUT2D eigenvalue weighted by molar-refractivity contribution is 0.0991. The van der Waals surface area contributed by atoms with Crippen LogP contribution in [0.2, 0.25) is 0 Å². The van der Waals surface area contributed by atoms with Crippen LogP contribution in [0.3, 0.4) is 0 Å². The van der Waals surface area contributed by atoms with Gasteiger partial charge < -0.3 is 14.5 Å². The molecule has 2 aromatic heterocycles. The summed E-state index contributed by atoms with van der Waals surface area (Å²) in [5.74, 6) is 0.746. The van der Waals surface area contributed by atoms with Gasteiger partial charge in [-0.2, -0.15) is 0 Å². The molecule has 1 amide bonds. The molecule has 8 nitrogen and oxygen atoms in total. The van der Waals surface area contributed by atoms with Crippen molar-refractivity contribution in [2.45, 2.75) is 20.0 Å². The lowest BCUT2D eigenvalue weighted by Crippen LogP contribution is -2.38. The lowest BCUT2D eigenvalue weighted by atomic mass is 10.2. The van der Waals surface area contributed by atoms with E-state index >= 15 is 0 Å². The highest BCUT2D eigenvalue weighted by atomic mass is 16.5. The molecule has 0 spiro atoms. The van der Waals surface area contributed by atoms with E-state index < -0.39 is 17.2 Å². The third kappa shape index (κ3) is 4.06. The number of amides is 1. The van der Waals surface area contributed by atoms with Crippen molar-refractivity contribution in [3.8, 4) is 5.75 Å². The van der Waals surface area contributed by atoms with E-state index in [4.69, 9.17) is 9.15 Å². The zero-order valence-electron chi connectivity index (χ0n) is 15.9. The van der Waals surface area contributed by atoms with Gasteiger partial charge in [0.2, 0.25) is 0 Å². The molecule has 0 saturated heterocycles. The first-order valence-electron chi connectivity index (χ1n) is 8.78. The second-order valence-electron chi connectivity index (χ2n) is 6.27. The van der Waals surface area contributed by atoms with Crippen LogP contribution < -0.4 is 21.3 Å². The average Bonchev–Trinajstić information content (AvgIpc) is 3.18. The molecule has 3 aromatic rings. The molecule has 146 valence electrons. The van der Waals surface area contributed by atoms with E-state index in [2.05, 4.69) is 12.2 Å². The summed E-state index contributed by atoms with van der Waals surface area (Å²) >= 11 is 0. The monoisotopic (exact) mass is 383 g/mol. The van der Waals surface area contributed by atoms with Crippen LogP contribution in [-0.4, -0.2) is 15.0 Å². The van der Waals surface area contributed by atoms with E-state index in [1.165, 1.54) is 36.4 Å². The summed E-state index contributed by atoms with van der Waals surface area (Å²) < 4.78 is 13.3. The van der Waals surface area contributed by atoms with Crippen LogP contribution in [0.5, 0.6) is 5.75 Å². The molecular formula is C20H21N3O5.